The molecule has 4 heteroatoms. The normalized spacial score (nSPS) is 13.5. The third-order valence-electron chi connectivity index (χ3n) is 2.56. The molecule has 1 rings (SSSR count). The Hall–Kier alpha value is -1.13. The summed E-state index contributed by atoms with van der Waals surface area (Å²) in [5.74, 6) is 0. The minimum atomic E-state index is -0.712. The van der Waals surface area contributed by atoms with Crippen LogP contribution in [0.1, 0.15) is 39.4 Å². The summed E-state index contributed by atoms with van der Waals surface area (Å²) in [4.78, 5) is 6.42. The number of likely N-dealkylation sites (N-methyl/N-ethyl adjacent to an activating group) is 1. The van der Waals surface area contributed by atoms with Crippen LogP contribution >= 0.6 is 0 Å². The van der Waals surface area contributed by atoms with Crippen LogP contribution in [0.2, 0.25) is 0 Å². The molecular formula is C13H23N3O. The molecule has 0 saturated heterocycles. The number of hydrogen-bond donors (Lipinski definition) is 2. The molecule has 0 aliphatic heterocycles. The maximum atomic E-state index is 9.84. The molecule has 0 fully saturated rings. The predicted molar refractivity (Wildman–Crippen MR) is 71.0 cm³/mol. The second-order valence-electron chi connectivity index (χ2n) is 5.06. The molecule has 1 aromatic rings. The molecule has 0 saturated carbocycles. The van der Waals surface area contributed by atoms with Crippen LogP contribution in [-0.2, 0) is 0 Å². The van der Waals surface area contributed by atoms with Gasteiger partial charge in [-0.15, -0.1) is 0 Å². The summed E-state index contributed by atoms with van der Waals surface area (Å²) >= 11 is 0. The highest BCUT2D eigenvalue weighted by Crippen LogP contribution is 2.17. The van der Waals surface area contributed by atoms with Crippen molar-refractivity contribution in [1.29, 1.82) is 0 Å². The van der Waals surface area contributed by atoms with Crippen molar-refractivity contribution in [1.82, 2.24) is 4.98 Å². The number of hydrogen-bond acceptors (Lipinski definition) is 4. The highest BCUT2D eigenvalue weighted by molar-refractivity contribution is 5.45. The lowest BCUT2D eigenvalue weighted by Gasteiger charge is -2.29. The van der Waals surface area contributed by atoms with Gasteiger partial charge in [0, 0.05) is 19.1 Å². The first-order chi connectivity index (χ1) is 7.83. The molecule has 0 radical (unpaired) electrons. The van der Waals surface area contributed by atoms with Crippen LogP contribution in [0.25, 0.3) is 0 Å². The molecule has 0 aliphatic carbocycles. The summed E-state index contributed by atoms with van der Waals surface area (Å²) in [6, 6.07) is 3.89. The molecule has 17 heavy (non-hydrogen) atoms. The molecule has 0 spiro atoms. The van der Waals surface area contributed by atoms with E-state index in [4.69, 9.17) is 5.73 Å². The van der Waals surface area contributed by atoms with Crippen LogP contribution in [0, 0.1) is 0 Å². The predicted octanol–water partition coefficient (Wildman–Crippen LogP) is 1.70. The highest BCUT2D eigenvalue weighted by atomic mass is 16.3. The van der Waals surface area contributed by atoms with Gasteiger partial charge in [-0.1, -0.05) is 0 Å². The van der Waals surface area contributed by atoms with E-state index in [-0.39, 0.29) is 6.04 Å². The van der Waals surface area contributed by atoms with Crippen LogP contribution in [-0.4, -0.2) is 28.8 Å². The first kappa shape index (κ1) is 13.9. The van der Waals surface area contributed by atoms with E-state index in [9.17, 15) is 5.11 Å². The van der Waals surface area contributed by atoms with Crippen LogP contribution in [0.4, 0.5) is 5.69 Å². The fraction of sp³-hybridized carbons (Fsp3) is 0.615. The quantitative estimate of drug-likeness (QED) is 0.818. The van der Waals surface area contributed by atoms with Crippen molar-refractivity contribution >= 4 is 5.69 Å². The number of nitrogens with zero attached hydrogens (tertiary/aromatic N) is 2. The molecule has 0 bridgehead atoms. The average Bonchev–Trinajstić information content (AvgIpc) is 2.25. The molecule has 0 amide bonds. The Labute approximate surface area is 103 Å². The van der Waals surface area contributed by atoms with Crippen LogP contribution in [0.3, 0.4) is 0 Å². The minimum absolute atomic E-state index is 0.0478. The van der Waals surface area contributed by atoms with Gasteiger partial charge in [-0.2, -0.15) is 0 Å². The van der Waals surface area contributed by atoms with Gasteiger partial charge in [-0.25, -0.2) is 0 Å². The smallest absolute Gasteiger partial charge is 0.0765 e. The maximum Gasteiger partial charge on any atom is 0.0765 e. The van der Waals surface area contributed by atoms with Gasteiger partial charge in [0.25, 0.3) is 0 Å². The first-order valence-corrected chi connectivity index (χ1v) is 6.02. The van der Waals surface area contributed by atoms with Crippen LogP contribution in [0.15, 0.2) is 18.3 Å². The summed E-state index contributed by atoms with van der Waals surface area (Å²) in [6.07, 6.45) is 1.81. The molecule has 96 valence electrons. The number of rotatable bonds is 5. The minimum Gasteiger partial charge on any atom is -0.389 e. The molecule has 0 unspecified atom stereocenters. The van der Waals surface area contributed by atoms with Crippen molar-refractivity contribution in [2.45, 2.75) is 39.3 Å². The standard InChI is InChI=1S/C13H23N3O/c1-5-16(9-13(3,4)17)11-6-7-12(10(2)14)15-8-11/h6-8,10,17H,5,9,14H2,1-4H3/t10-/m1/s1. The Morgan fingerprint density at radius 3 is 2.47 bits per heavy atom. The van der Waals surface area contributed by atoms with Crippen LogP contribution < -0.4 is 10.6 Å². The number of aromatic nitrogens is 1. The van der Waals surface area contributed by atoms with E-state index in [1.54, 1.807) is 13.8 Å². The summed E-state index contributed by atoms with van der Waals surface area (Å²) < 4.78 is 0. The van der Waals surface area contributed by atoms with Gasteiger partial charge in [0.15, 0.2) is 0 Å². The SMILES string of the molecule is CCN(CC(C)(C)O)c1ccc([C@@H](C)N)nc1. The first-order valence-electron chi connectivity index (χ1n) is 6.02. The van der Waals surface area contributed by atoms with Crippen molar-refractivity contribution in [2.24, 2.45) is 5.73 Å². The van der Waals surface area contributed by atoms with E-state index in [1.165, 1.54) is 0 Å². The van der Waals surface area contributed by atoms with Gasteiger partial charge in [0.2, 0.25) is 0 Å². The van der Waals surface area contributed by atoms with Crippen molar-refractivity contribution in [3.8, 4) is 0 Å². The number of nitrogens with two attached hydrogens (primary N) is 1. The Bertz CT molecular complexity index is 341. The summed E-state index contributed by atoms with van der Waals surface area (Å²) in [5.41, 5.74) is 6.94. The lowest BCUT2D eigenvalue weighted by atomic mass is 10.1. The van der Waals surface area contributed by atoms with E-state index in [0.717, 1.165) is 17.9 Å². The van der Waals surface area contributed by atoms with E-state index in [2.05, 4.69) is 16.8 Å². The van der Waals surface area contributed by atoms with Crippen molar-refractivity contribution in [2.75, 3.05) is 18.0 Å². The van der Waals surface area contributed by atoms with Gasteiger partial charge >= 0.3 is 0 Å². The number of pyridine rings is 1. The number of anilines is 1. The zero-order valence-corrected chi connectivity index (χ0v) is 11.1. The van der Waals surface area contributed by atoms with E-state index in [1.807, 2.05) is 25.3 Å². The van der Waals surface area contributed by atoms with E-state index < -0.39 is 5.60 Å². The fourth-order valence-electron chi connectivity index (χ4n) is 1.71. The number of aliphatic hydroxyl groups is 1. The Kier molecular flexibility index (Phi) is 4.48. The van der Waals surface area contributed by atoms with Gasteiger partial charge in [0.05, 0.1) is 23.2 Å². The topological polar surface area (TPSA) is 62.4 Å². The van der Waals surface area contributed by atoms with E-state index >= 15 is 0 Å². The van der Waals surface area contributed by atoms with Gasteiger partial charge in [0.1, 0.15) is 0 Å². The van der Waals surface area contributed by atoms with Crippen molar-refractivity contribution in [3.63, 3.8) is 0 Å². The third kappa shape index (κ3) is 4.32. The van der Waals surface area contributed by atoms with Gasteiger partial charge in [-0.3, -0.25) is 4.98 Å². The fourth-order valence-corrected chi connectivity index (χ4v) is 1.71. The second kappa shape index (κ2) is 5.47. The zero-order chi connectivity index (χ0) is 13.1. The summed E-state index contributed by atoms with van der Waals surface area (Å²) in [7, 11) is 0. The summed E-state index contributed by atoms with van der Waals surface area (Å²) in [5, 5.41) is 9.84. The van der Waals surface area contributed by atoms with Crippen molar-refractivity contribution in [3.05, 3.63) is 24.0 Å². The summed E-state index contributed by atoms with van der Waals surface area (Å²) in [6.45, 7) is 9.01. The largest absolute Gasteiger partial charge is 0.389 e. The molecule has 1 atom stereocenters. The lowest BCUT2D eigenvalue weighted by molar-refractivity contribution is 0.0876. The Morgan fingerprint density at radius 1 is 1.47 bits per heavy atom. The molecule has 3 N–H and O–H groups in total. The maximum absolute atomic E-state index is 9.84. The monoisotopic (exact) mass is 237 g/mol. The molecule has 0 aromatic carbocycles. The molecular weight excluding hydrogens is 214 g/mol. The molecule has 4 nitrogen and oxygen atoms in total. The van der Waals surface area contributed by atoms with E-state index in [0.29, 0.717) is 6.54 Å². The van der Waals surface area contributed by atoms with Crippen LogP contribution in [0.5, 0.6) is 0 Å². The third-order valence-corrected chi connectivity index (χ3v) is 2.56. The molecule has 0 aliphatic rings. The zero-order valence-electron chi connectivity index (χ0n) is 11.1. The second-order valence-corrected chi connectivity index (χ2v) is 5.06. The van der Waals surface area contributed by atoms with Gasteiger partial charge in [-0.05, 0) is 39.8 Å². The Morgan fingerprint density at radius 2 is 2.12 bits per heavy atom. The Balaban J connectivity index is 2.82. The molecule has 1 aromatic heterocycles. The van der Waals surface area contributed by atoms with Gasteiger partial charge < -0.3 is 15.7 Å². The molecule has 1 heterocycles. The average molecular weight is 237 g/mol. The lowest BCUT2D eigenvalue weighted by Crippen LogP contribution is -2.38. The highest BCUT2D eigenvalue weighted by Gasteiger charge is 2.17. The van der Waals surface area contributed by atoms with Crippen molar-refractivity contribution < 1.29 is 5.11 Å².